The van der Waals surface area contributed by atoms with Gasteiger partial charge >= 0.3 is 6.03 Å². The minimum atomic E-state index is -3.56. The second kappa shape index (κ2) is 11.1. The highest BCUT2D eigenvalue weighted by atomic mass is 32.2. The Hall–Kier alpha value is -3.86. The molecule has 0 atom stereocenters. The van der Waals surface area contributed by atoms with Gasteiger partial charge in [-0.2, -0.15) is 0 Å². The lowest BCUT2D eigenvalue weighted by Gasteiger charge is -2.31. The maximum Gasteiger partial charge on any atom is 0.317 e. The molecule has 2 heterocycles. The van der Waals surface area contributed by atoms with Crippen molar-refractivity contribution in [2.75, 3.05) is 23.6 Å². The number of benzene rings is 2. The van der Waals surface area contributed by atoms with Crippen molar-refractivity contribution in [3.8, 4) is 17.2 Å². The molecule has 1 aliphatic rings. The summed E-state index contributed by atoms with van der Waals surface area (Å²) in [4.78, 5) is 27.3. The lowest BCUT2D eigenvalue weighted by Crippen LogP contribution is -2.45. The number of hydrogen-bond acceptors (Lipinski definition) is 5. The van der Waals surface area contributed by atoms with Gasteiger partial charge in [0.15, 0.2) is 11.2 Å². The molecule has 9 nitrogen and oxygen atoms in total. The Labute approximate surface area is 227 Å². The van der Waals surface area contributed by atoms with Crippen LogP contribution in [-0.4, -0.2) is 42.8 Å². The summed E-state index contributed by atoms with van der Waals surface area (Å²) in [6.45, 7) is 9.59. The number of nitrogens with one attached hydrogen (secondary N) is 2. The van der Waals surface area contributed by atoms with Gasteiger partial charge in [0, 0.05) is 42.5 Å². The summed E-state index contributed by atoms with van der Waals surface area (Å²) in [6.07, 6.45) is 2.11. The molecule has 2 amide bonds. The fourth-order valence-corrected chi connectivity index (χ4v) is 5.35. The maximum atomic E-state index is 14.0. The van der Waals surface area contributed by atoms with E-state index in [0.29, 0.717) is 70.3 Å². The van der Waals surface area contributed by atoms with Crippen LogP contribution in [0.4, 0.5) is 14.9 Å². The van der Waals surface area contributed by atoms with Crippen molar-refractivity contribution in [3.05, 3.63) is 80.5 Å². The van der Waals surface area contributed by atoms with Crippen LogP contribution in [0.5, 0.6) is 11.5 Å². The molecule has 1 aliphatic heterocycles. The topological polar surface area (TPSA) is 110 Å². The third-order valence-electron chi connectivity index (χ3n) is 6.69. The number of carbonyl (C=O) groups excluding carboxylic acids is 1. The van der Waals surface area contributed by atoms with E-state index in [1.54, 1.807) is 57.0 Å². The second-order valence-corrected chi connectivity index (χ2v) is 11.6. The zero-order valence-electron chi connectivity index (χ0n) is 22.7. The van der Waals surface area contributed by atoms with Crippen molar-refractivity contribution in [1.29, 1.82) is 0 Å². The first-order valence-electron chi connectivity index (χ1n) is 12.8. The quantitative estimate of drug-likeness (QED) is 0.444. The van der Waals surface area contributed by atoms with Gasteiger partial charge in [-0.25, -0.2) is 17.6 Å². The van der Waals surface area contributed by atoms with Crippen molar-refractivity contribution in [2.45, 2.75) is 47.6 Å². The summed E-state index contributed by atoms with van der Waals surface area (Å²) in [6, 6.07) is 7.42. The number of hydrogen-bond donors (Lipinski definition) is 2. The molecule has 4 rings (SSSR count). The SMILES string of the molecule is CCNC(=O)N1CCc2c(c(=O)c(C)cn2-c2cc(NS(=O)(=O)CC)ccc2Oc2c(C)cc(F)cc2C)C1. The molecular weight excluding hydrogens is 523 g/mol. The molecule has 3 aromatic rings. The Morgan fingerprint density at radius 2 is 1.77 bits per heavy atom. The molecule has 0 bridgehead atoms. The number of aryl methyl sites for hydroxylation is 3. The molecule has 0 fully saturated rings. The van der Waals surface area contributed by atoms with E-state index in [0.717, 1.165) is 0 Å². The van der Waals surface area contributed by atoms with Crippen LogP contribution in [0, 0.1) is 26.6 Å². The monoisotopic (exact) mass is 556 g/mol. The molecule has 2 aromatic carbocycles. The summed E-state index contributed by atoms with van der Waals surface area (Å²) < 4.78 is 49.3. The van der Waals surface area contributed by atoms with Crippen LogP contribution in [0.2, 0.25) is 0 Å². The molecule has 208 valence electrons. The van der Waals surface area contributed by atoms with Crippen molar-refractivity contribution >= 4 is 21.7 Å². The number of sulfonamides is 1. The smallest absolute Gasteiger partial charge is 0.317 e. The van der Waals surface area contributed by atoms with Crippen LogP contribution in [0.25, 0.3) is 5.69 Å². The van der Waals surface area contributed by atoms with E-state index in [1.807, 2.05) is 11.5 Å². The summed E-state index contributed by atoms with van der Waals surface area (Å²) in [5.74, 6) is 0.400. The number of pyridine rings is 1. The van der Waals surface area contributed by atoms with E-state index in [1.165, 1.54) is 12.1 Å². The first kappa shape index (κ1) is 28.2. The number of aromatic nitrogens is 1. The third-order valence-corrected chi connectivity index (χ3v) is 7.99. The van der Waals surface area contributed by atoms with Crippen LogP contribution in [0.15, 0.2) is 41.3 Å². The van der Waals surface area contributed by atoms with E-state index in [4.69, 9.17) is 4.74 Å². The van der Waals surface area contributed by atoms with Gasteiger partial charge in [0.25, 0.3) is 0 Å². The largest absolute Gasteiger partial charge is 0.455 e. The number of anilines is 1. The summed E-state index contributed by atoms with van der Waals surface area (Å²) in [5.41, 5.74) is 3.55. The lowest BCUT2D eigenvalue weighted by atomic mass is 10.0. The van der Waals surface area contributed by atoms with E-state index in [9.17, 15) is 22.4 Å². The summed E-state index contributed by atoms with van der Waals surface area (Å²) in [7, 11) is -3.56. The molecule has 0 saturated heterocycles. The van der Waals surface area contributed by atoms with Crippen molar-refractivity contribution in [2.24, 2.45) is 0 Å². The Morgan fingerprint density at radius 3 is 2.41 bits per heavy atom. The van der Waals surface area contributed by atoms with Gasteiger partial charge in [0.1, 0.15) is 11.6 Å². The number of fused-ring (bicyclic) bond motifs is 1. The molecule has 0 radical (unpaired) electrons. The highest BCUT2D eigenvalue weighted by Gasteiger charge is 2.27. The van der Waals surface area contributed by atoms with Crippen LogP contribution in [0.3, 0.4) is 0 Å². The molecule has 0 unspecified atom stereocenters. The Kier molecular flexibility index (Phi) is 8.01. The molecule has 2 N–H and O–H groups in total. The van der Waals surface area contributed by atoms with Gasteiger partial charge in [-0.3, -0.25) is 9.52 Å². The minimum Gasteiger partial charge on any atom is -0.455 e. The van der Waals surface area contributed by atoms with Gasteiger partial charge in [0.05, 0.1) is 23.7 Å². The van der Waals surface area contributed by atoms with Gasteiger partial charge in [-0.05, 0) is 76.1 Å². The number of urea groups is 1. The zero-order valence-corrected chi connectivity index (χ0v) is 23.5. The van der Waals surface area contributed by atoms with Crippen LogP contribution >= 0.6 is 0 Å². The minimum absolute atomic E-state index is 0.100. The van der Waals surface area contributed by atoms with Gasteiger partial charge in [-0.1, -0.05) is 0 Å². The fourth-order valence-electron chi connectivity index (χ4n) is 4.72. The van der Waals surface area contributed by atoms with Crippen LogP contribution in [-0.2, 0) is 23.0 Å². The third kappa shape index (κ3) is 5.93. The van der Waals surface area contributed by atoms with Crippen LogP contribution in [0.1, 0.15) is 41.8 Å². The first-order valence-corrected chi connectivity index (χ1v) is 14.5. The van der Waals surface area contributed by atoms with E-state index in [-0.39, 0.29) is 29.6 Å². The Balaban J connectivity index is 1.89. The Bertz CT molecular complexity index is 1580. The van der Waals surface area contributed by atoms with E-state index in [2.05, 4.69) is 10.0 Å². The molecule has 0 saturated carbocycles. The maximum absolute atomic E-state index is 14.0. The standard InChI is InChI=1S/C28H33FN4O5S/c1-6-30-28(35)32-11-10-23-22(16-32)26(34)19(5)15-33(23)24-14-21(31-39(36,37)7-2)8-9-25(24)38-27-17(3)12-20(29)13-18(27)4/h8-9,12-15,31H,6-7,10-11,16H2,1-5H3,(H,30,35). The molecule has 0 aliphatic carbocycles. The molecular formula is C28H33FN4O5S. The lowest BCUT2D eigenvalue weighted by molar-refractivity contribution is 0.192. The zero-order chi connectivity index (χ0) is 28.5. The molecule has 11 heteroatoms. The molecule has 0 spiro atoms. The number of nitrogens with zero attached hydrogens (tertiary/aromatic N) is 2. The number of halogens is 1. The predicted octanol–water partition coefficient (Wildman–Crippen LogP) is 4.54. The second-order valence-electron chi connectivity index (χ2n) is 9.60. The summed E-state index contributed by atoms with van der Waals surface area (Å²) >= 11 is 0. The van der Waals surface area contributed by atoms with E-state index >= 15 is 0 Å². The number of carbonyl (C=O) groups is 1. The van der Waals surface area contributed by atoms with Crippen molar-refractivity contribution in [3.63, 3.8) is 0 Å². The predicted molar refractivity (Wildman–Crippen MR) is 149 cm³/mol. The van der Waals surface area contributed by atoms with Crippen molar-refractivity contribution < 1.29 is 22.3 Å². The van der Waals surface area contributed by atoms with Gasteiger partial charge in [-0.15, -0.1) is 0 Å². The van der Waals surface area contributed by atoms with E-state index < -0.39 is 10.0 Å². The average Bonchev–Trinajstić information content (AvgIpc) is 2.88. The normalized spacial score (nSPS) is 13.1. The van der Waals surface area contributed by atoms with Gasteiger partial charge in [0.2, 0.25) is 10.0 Å². The number of rotatable bonds is 7. The highest BCUT2D eigenvalue weighted by molar-refractivity contribution is 7.92. The van der Waals surface area contributed by atoms with Gasteiger partial charge < -0.3 is 19.5 Å². The average molecular weight is 557 g/mol. The number of ether oxygens (including phenoxy) is 1. The fraction of sp³-hybridized carbons (Fsp3) is 0.357. The highest BCUT2D eigenvalue weighted by Crippen LogP contribution is 2.36. The molecule has 39 heavy (non-hydrogen) atoms. The Morgan fingerprint density at radius 1 is 1.08 bits per heavy atom. The number of amides is 2. The first-order chi connectivity index (χ1) is 18.4. The van der Waals surface area contributed by atoms with Crippen molar-refractivity contribution in [1.82, 2.24) is 14.8 Å². The van der Waals surface area contributed by atoms with Crippen LogP contribution < -0.4 is 20.2 Å². The molecule has 1 aromatic heterocycles. The summed E-state index contributed by atoms with van der Waals surface area (Å²) in [5, 5.41) is 2.78.